The molecule has 3 aromatic rings. The van der Waals surface area contributed by atoms with E-state index in [1.165, 1.54) is 6.07 Å². The number of non-ortho nitro benzene ring substituents is 1. The molecule has 2 aromatic heterocycles. The number of nitro groups is 2. The van der Waals surface area contributed by atoms with Gasteiger partial charge in [-0.2, -0.15) is 18.7 Å². The zero-order valence-corrected chi connectivity index (χ0v) is 56.4. The first-order chi connectivity index (χ1) is 47.1. The summed E-state index contributed by atoms with van der Waals surface area (Å²) in [5, 5.41) is 82.3. The third-order valence-electron chi connectivity index (χ3n) is 13.5. The molecule has 2 aliphatic heterocycles. The number of carbonyl (C=O) groups excluding carboxylic acids is 3. The monoisotopic (exact) mass is 1470 g/mol. The molecule has 2 aliphatic rings. The van der Waals surface area contributed by atoms with Crippen molar-refractivity contribution in [1.82, 2.24) is 34.7 Å². The highest BCUT2D eigenvalue weighted by Gasteiger charge is 2.40. The Labute approximate surface area is 576 Å². The Morgan fingerprint density at radius 1 is 0.526 bits per heavy atom. The second kappa shape index (κ2) is 50.2. The van der Waals surface area contributed by atoms with Gasteiger partial charge in [-0.1, -0.05) is 0 Å². The van der Waals surface area contributed by atoms with E-state index in [2.05, 4.69) is 50.6 Å². The van der Waals surface area contributed by atoms with Crippen LogP contribution in [0.1, 0.15) is 12.8 Å². The number of hydrogen-bond donors (Lipinski definition) is 10. The Morgan fingerprint density at radius 3 is 1.33 bits per heavy atom. The minimum Gasteiger partial charge on any atom is -0.388 e. The van der Waals surface area contributed by atoms with Crippen molar-refractivity contribution in [1.29, 1.82) is 0 Å². The summed E-state index contributed by atoms with van der Waals surface area (Å²) in [7, 11) is 0. The number of nitro benzene ring substituents is 2. The Kier molecular flexibility index (Phi) is 42.6. The number of benzene rings is 1. The van der Waals surface area contributed by atoms with Crippen molar-refractivity contribution < 1.29 is 116 Å². The molecule has 97 heavy (non-hydrogen) atoms. The second-order valence-electron chi connectivity index (χ2n) is 20.8. The molecule has 8 atom stereocenters. The maximum atomic E-state index is 12.9. The van der Waals surface area contributed by atoms with Gasteiger partial charge in [0.1, 0.15) is 48.9 Å². The molecule has 0 bridgehead atoms. The fourth-order valence-corrected chi connectivity index (χ4v) is 10.1. The van der Waals surface area contributed by atoms with E-state index in [-0.39, 0.29) is 206 Å². The van der Waals surface area contributed by atoms with Gasteiger partial charge in [-0.15, -0.1) is 0 Å². The number of rotatable bonds is 57. The van der Waals surface area contributed by atoms with Crippen molar-refractivity contribution in [3.05, 3.63) is 49.0 Å². The number of halogens is 2. The Hall–Kier alpha value is -5.23. The summed E-state index contributed by atoms with van der Waals surface area (Å²) in [5.74, 6) is -1.06. The average Bonchev–Trinajstić information content (AvgIpc) is 1.55. The third kappa shape index (κ3) is 35.6. The van der Waals surface area contributed by atoms with Crippen LogP contribution in [-0.2, 0) is 85.4 Å². The number of anilines is 3. The van der Waals surface area contributed by atoms with E-state index < -0.39 is 81.9 Å². The predicted octanol–water partition coefficient (Wildman–Crippen LogP) is -1.16. The van der Waals surface area contributed by atoms with E-state index in [0.717, 1.165) is 35.2 Å². The first kappa shape index (κ1) is 82.4. The Balaban J connectivity index is 0.846. The SMILES string of the molecule is O=C(CCOCC(COCCC(=O)NCCOCCOCCOCCOC[C@H]1OC[C@@H](Nc2nc(Cl)ns2)[C@@H](O)[C@H]1O)NC(=O)COCCOCCOCCNc1ccc([N+](=O)[O-])cc1[N+](=O)[O-])NCCOCCOCCOCCOC[C@H]1OC[C@@H](Nc2nc(Cl)ns2)[C@@H](O)[C@H]1O. The topological polar surface area (TPSA) is 481 Å². The maximum absolute atomic E-state index is 12.9. The third-order valence-corrected chi connectivity index (χ3v) is 15.3. The largest absolute Gasteiger partial charge is 0.388 e. The van der Waals surface area contributed by atoms with Crippen LogP contribution in [0.2, 0.25) is 10.6 Å². The van der Waals surface area contributed by atoms with Crippen LogP contribution < -0.4 is 31.9 Å². The molecule has 5 rings (SSSR count). The van der Waals surface area contributed by atoms with Crippen LogP contribution >= 0.6 is 46.3 Å². The molecular formula is C55H88Cl2N12O26S2. The van der Waals surface area contributed by atoms with Crippen LogP contribution in [0.3, 0.4) is 0 Å². The summed E-state index contributed by atoms with van der Waals surface area (Å²) in [6.45, 7) is 5.28. The van der Waals surface area contributed by atoms with E-state index in [1.807, 2.05) is 0 Å². The Bertz CT molecular complexity index is 2560. The summed E-state index contributed by atoms with van der Waals surface area (Å²) in [6.07, 6.45) is -6.04. The van der Waals surface area contributed by atoms with Gasteiger partial charge >= 0.3 is 0 Å². The zero-order valence-electron chi connectivity index (χ0n) is 53.3. The molecule has 0 radical (unpaired) electrons. The number of carbonyl (C=O) groups is 3. The summed E-state index contributed by atoms with van der Waals surface area (Å²) in [5.41, 5.74) is -0.727. The molecule has 550 valence electrons. The summed E-state index contributed by atoms with van der Waals surface area (Å²) >= 11 is 13.5. The minimum atomic E-state index is -1.19. The lowest BCUT2D eigenvalue weighted by atomic mass is 9.98. The number of hydrogen-bond acceptors (Lipinski definition) is 35. The highest BCUT2D eigenvalue weighted by Crippen LogP contribution is 2.29. The quantitative estimate of drug-likeness (QED) is 0.0181. The number of amides is 3. The smallest absolute Gasteiger partial charge is 0.299 e. The minimum absolute atomic E-state index is 0.0168. The molecule has 38 nitrogen and oxygen atoms in total. The van der Waals surface area contributed by atoms with E-state index in [9.17, 15) is 55.0 Å². The number of nitrogens with zero attached hydrogens (tertiary/aromatic N) is 6. The Morgan fingerprint density at radius 2 is 0.928 bits per heavy atom. The highest BCUT2D eigenvalue weighted by molar-refractivity contribution is 7.10. The van der Waals surface area contributed by atoms with Crippen LogP contribution in [0.4, 0.5) is 27.3 Å². The van der Waals surface area contributed by atoms with E-state index in [1.54, 1.807) is 0 Å². The number of aromatic nitrogens is 4. The van der Waals surface area contributed by atoms with Gasteiger partial charge < -0.3 is 123 Å². The lowest BCUT2D eigenvalue weighted by Crippen LogP contribution is -2.56. The molecule has 0 saturated carbocycles. The lowest BCUT2D eigenvalue weighted by molar-refractivity contribution is -0.393. The van der Waals surface area contributed by atoms with Crippen molar-refractivity contribution in [3.63, 3.8) is 0 Å². The van der Waals surface area contributed by atoms with Crippen LogP contribution in [0.5, 0.6) is 0 Å². The molecule has 2 saturated heterocycles. The van der Waals surface area contributed by atoms with Gasteiger partial charge in [-0.05, 0) is 29.3 Å². The van der Waals surface area contributed by atoms with Gasteiger partial charge in [-0.25, -0.2) is 0 Å². The molecule has 4 heterocycles. The number of aliphatic hydroxyl groups is 4. The van der Waals surface area contributed by atoms with E-state index in [0.29, 0.717) is 49.9 Å². The van der Waals surface area contributed by atoms with Crippen molar-refractivity contribution in [2.45, 2.75) is 67.6 Å². The molecule has 0 aliphatic carbocycles. The maximum Gasteiger partial charge on any atom is 0.299 e. The van der Waals surface area contributed by atoms with Gasteiger partial charge in [0.15, 0.2) is 0 Å². The molecule has 0 spiro atoms. The van der Waals surface area contributed by atoms with Crippen LogP contribution in [0, 0.1) is 20.2 Å². The van der Waals surface area contributed by atoms with Crippen molar-refractivity contribution in [3.8, 4) is 0 Å². The normalized spacial score (nSPS) is 19.4. The second-order valence-corrected chi connectivity index (χ2v) is 23.0. The van der Waals surface area contributed by atoms with E-state index >= 15 is 0 Å². The molecule has 42 heteroatoms. The lowest BCUT2D eigenvalue weighted by Gasteiger charge is -2.37. The number of nitrogens with one attached hydrogen (secondary N) is 6. The van der Waals surface area contributed by atoms with Crippen molar-refractivity contribution in [2.24, 2.45) is 0 Å². The van der Waals surface area contributed by atoms with E-state index in [4.69, 9.17) is 94.3 Å². The summed E-state index contributed by atoms with van der Waals surface area (Å²) in [6, 6.07) is 1.41. The van der Waals surface area contributed by atoms with Gasteiger partial charge in [0.25, 0.3) is 11.4 Å². The predicted molar refractivity (Wildman–Crippen MR) is 344 cm³/mol. The first-order valence-corrected chi connectivity index (χ1v) is 33.3. The molecule has 1 aromatic carbocycles. The molecule has 0 unspecified atom stereocenters. The van der Waals surface area contributed by atoms with Gasteiger partial charge in [0.2, 0.25) is 38.6 Å². The number of ether oxygens (including phenoxy) is 15. The fraction of sp³-hybridized carbons (Fsp3) is 0.764. The van der Waals surface area contributed by atoms with Crippen LogP contribution in [0.15, 0.2) is 18.2 Å². The molecular weight excluding hydrogens is 1380 g/mol. The standard InChI is InChI=1S/C55H88Cl2N12O26S2/c56-52-64-54(96-66-52)62-40-32-94-43(50(75)48(40)73)34-91-26-23-87-21-19-84-16-14-82-11-6-59-45(70)3-8-89-30-37(61-47(72)36-93-28-25-86-18-13-81-10-5-58-39-2-1-38(68(77)78)29-42(39)69(79)80)31-90-9-4-46(71)60-7-12-83-15-17-85-20-22-88-24-27-92-35-44-51(76)49(74)41(33-95-44)63-55-65-53(57)67-97-55/h1-2,29,37,40-41,43-44,48-51,58,73-76H,3-28,30-36H2,(H,59,70)(H,60,71)(H,61,72)(H,62,64,66)(H,63,65,67)/t40-,41-,43-,44-,48-,49-,50+,51+/m1/s1. The summed E-state index contributed by atoms with van der Waals surface area (Å²) < 4.78 is 91.1. The van der Waals surface area contributed by atoms with Crippen LogP contribution in [-0.4, -0.2) is 326 Å². The highest BCUT2D eigenvalue weighted by atomic mass is 35.5. The fourth-order valence-electron chi connectivity index (χ4n) is 8.56. The molecule has 3 amide bonds. The molecule has 10 N–H and O–H groups in total. The average molecular weight is 1470 g/mol. The first-order valence-electron chi connectivity index (χ1n) is 31.0. The van der Waals surface area contributed by atoms with Gasteiger partial charge in [0.05, 0.1) is 212 Å². The number of aliphatic hydroxyl groups excluding tert-OH is 4. The van der Waals surface area contributed by atoms with Crippen molar-refractivity contribution >= 4 is 91.3 Å². The molecule has 2 fully saturated rings. The van der Waals surface area contributed by atoms with Gasteiger partial charge in [-0.3, -0.25) is 34.6 Å². The van der Waals surface area contributed by atoms with Crippen molar-refractivity contribution in [2.75, 3.05) is 221 Å². The van der Waals surface area contributed by atoms with Crippen LogP contribution in [0.25, 0.3) is 0 Å². The zero-order chi connectivity index (χ0) is 69.7. The van der Waals surface area contributed by atoms with Gasteiger partial charge in [0, 0.05) is 61.6 Å². The summed E-state index contributed by atoms with van der Waals surface area (Å²) in [4.78, 5) is 66.7.